The van der Waals surface area contributed by atoms with E-state index < -0.39 is 5.91 Å². The van der Waals surface area contributed by atoms with Gasteiger partial charge in [-0.1, -0.05) is 0 Å². The lowest BCUT2D eigenvalue weighted by Gasteiger charge is -2.10. The van der Waals surface area contributed by atoms with E-state index in [2.05, 4.69) is 5.32 Å². The first-order valence-corrected chi connectivity index (χ1v) is 6.61. The van der Waals surface area contributed by atoms with E-state index in [-0.39, 0.29) is 6.61 Å². The number of primary amides is 1. The van der Waals surface area contributed by atoms with E-state index in [1.54, 1.807) is 19.4 Å². The van der Waals surface area contributed by atoms with Gasteiger partial charge in [0.05, 0.1) is 13.4 Å². The largest absolute Gasteiger partial charge is 0.493 e. The van der Waals surface area contributed by atoms with Crippen molar-refractivity contribution in [1.82, 2.24) is 0 Å². The second-order valence-electron chi connectivity index (χ2n) is 4.52. The molecule has 0 spiro atoms. The van der Waals surface area contributed by atoms with Crippen molar-refractivity contribution in [2.24, 2.45) is 5.73 Å². The van der Waals surface area contributed by atoms with E-state index >= 15 is 0 Å². The lowest BCUT2D eigenvalue weighted by atomic mass is 10.2. The highest BCUT2D eigenvalue weighted by atomic mass is 16.5. The summed E-state index contributed by atoms with van der Waals surface area (Å²) in [6.07, 6.45) is 1.66. The fraction of sp³-hybridized carbons (Fsp3) is 0.267. The number of hydrogen-bond donors (Lipinski definition) is 2. The van der Waals surface area contributed by atoms with Crippen LogP contribution in [0.5, 0.6) is 11.5 Å². The summed E-state index contributed by atoms with van der Waals surface area (Å²) in [6.45, 7) is 1.39. The van der Waals surface area contributed by atoms with Crippen LogP contribution < -0.4 is 20.5 Å². The first kappa shape index (κ1) is 14.9. The van der Waals surface area contributed by atoms with Gasteiger partial charge in [0.25, 0.3) is 5.91 Å². The third kappa shape index (κ3) is 4.54. The highest BCUT2D eigenvalue weighted by Crippen LogP contribution is 2.27. The van der Waals surface area contributed by atoms with Crippen molar-refractivity contribution in [1.29, 1.82) is 0 Å². The van der Waals surface area contributed by atoms with Gasteiger partial charge in [0.1, 0.15) is 13.1 Å². The van der Waals surface area contributed by atoms with E-state index in [1.807, 2.05) is 24.3 Å². The summed E-state index contributed by atoms with van der Waals surface area (Å²) in [6, 6.07) is 9.40. The third-order valence-electron chi connectivity index (χ3n) is 2.90. The summed E-state index contributed by atoms with van der Waals surface area (Å²) in [5.41, 5.74) is 6.14. The van der Waals surface area contributed by atoms with Crippen molar-refractivity contribution in [3.63, 3.8) is 0 Å². The van der Waals surface area contributed by atoms with Crippen LogP contribution in [0.1, 0.15) is 11.3 Å². The molecule has 21 heavy (non-hydrogen) atoms. The molecule has 112 valence electrons. The third-order valence-corrected chi connectivity index (χ3v) is 2.90. The van der Waals surface area contributed by atoms with Crippen LogP contribution in [0.3, 0.4) is 0 Å². The molecule has 1 aromatic heterocycles. The van der Waals surface area contributed by atoms with Crippen molar-refractivity contribution >= 4 is 5.91 Å². The van der Waals surface area contributed by atoms with Crippen LogP contribution in [0.2, 0.25) is 0 Å². The lowest BCUT2D eigenvalue weighted by molar-refractivity contribution is -0.688. The predicted octanol–water partition coefficient (Wildman–Crippen LogP) is 0.416. The van der Waals surface area contributed by atoms with Crippen molar-refractivity contribution < 1.29 is 24.0 Å². The van der Waals surface area contributed by atoms with Gasteiger partial charge in [-0.05, 0) is 30.3 Å². The van der Waals surface area contributed by atoms with Gasteiger partial charge >= 0.3 is 0 Å². The molecule has 4 N–H and O–H groups in total. The topological polar surface area (TPSA) is 91.3 Å². The molecule has 0 aliphatic heterocycles. The highest BCUT2D eigenvalue weighted by Gasteiger charge is 2.08. The average molecular weight is 291 g/mol. The Morgan fingerprint density at radius 2 is 2.14 bits per heavy atom. The molecule has 6 heteroatoms. The van der Waals surface area contributed by atoms with E-state index in [9.17, 15) is 4.79 Å². The number of quaternary nitrogens is 1. The van der Waals surface area contributed by atoms with E-state index in [0.717, 1.165) is 24.4 Å². The molecule has 0 saturated carbocycles. The molecule has 0 saturated heterocycles. The Balaban J connectivity index is 1.92. The minimum Gasteiger partial charge on any atom is -0.493 e. The van der Waals surface area contributed by atoms with Gasteiger partial charge in [-0.25, -0.2) is 0 Å². The van der Waals surface area contributed by atoms with Crippen LogP contribution in [0, 0.1) is 0 Å². The predicted molar refractivity (Wildman–Crippen MR) is 75.7 cm³/mol. The Labute approximate surface area is 122 Å². The Morgan fingerprint density at radius 3 is 2.81 bits per heavy atom. The van der Waals surface area contributed by atoms with Gasteiger partial charge in [-0.2, -0.15) is 0 Å². The Kier molecular flexibility index (Phi) is 5.22. The van der Waals surface area contributed by atoms with Crippen LogP contribution in [0.4, 0.5) is 0 Å². The van der Waals surface area contributed by atoms with E-state index in [1.165, 1.54) is 0 Å². The Morgan fingerprint density at radius 1 is 1.29 bits per heavy atom. The summed E-state index contributed by atoms with van der Waals surface area (Å²) in [4.78, 5) is 10.7. The van der Waals surface area contributed by atoms with Crippen molar-refractivity contribution in [2.75, 3.05) is 13.7 Å². The number of ether oxygens (including phenoxy) is 2. The highest BCUT2D eigenvalue weighted by molar-refractivity contribution is 5.75. The number of carbonyl (C=O) groups excluding carboxylic acids is 1. The van der Waals surface area contributed by atoms with Gasteiger partial charge < -0.3 is 24.9 Å². The molecule has 0 unspecified atom stereocenters. The zero-order valence-corrected chi connectivity index (χ0v) is 11.9. The SMILES string of the molecule is COc1cc(C[NH2+]Cc2ccco2)ccc1OCC(N)=O. The van der Waals surface area contributed by atoms with Gasteiger partial charge in [-0.3, -0.25) is 4.79 Å². The van der Waals surface area contributed by atoms with Crippen LogP contribution in [-0.2, 0) is 17.9 Å². The molecule has 0 aliphatic rings. The van der Waals surface area contributed by atoms with Gasteiger partial charge in [0, 0.05) is 5.56 Å². The van der Waals surface area contributed by atoms with Crippen molar-refractivity contribution in [3.8, 4) is 11.5 Å². The van der Waals surface area contributed by atoms with E-state index in [0.29, 0.717) is 11.5 Å². The fourth-order valence-corrected chi connectivity index (χ4v) is 1.92. The summed E-state index contributed by atoms with van der Waals surface area (Å²) < 4.78 is 15.8. The fourth-order valence-electron chi connectivity index (χ4n) is 1.92. The normalized spacial score (nSPS) is 10.3. The number of carbonyl (C=O) groups is 1. The summed E-state index contributed by atoms with van der Waals surface area (Å²) in [7, 11) is 1.56. The molecular weight excluding hydrogens is 272 g/mol. The minimum atomic E-state index is -0.520. The molecule has 1 heterocycles. The van der Waals surface area contributed by atoms with E-state index in [4.69, 9.17) is 19.6 Å². The van der Waals surface area contributed by atoms with Crippen LogP contribution >= 0.6 is 0 Å². The number of methoxy groups -OCH3 is 1. The van der Waals surface area contributed by atoms with Gasteiger partial charge in [0.2, 0.25) is 0 Å². The van der Waals surface area contributed by atoms with Crippen LogP contribution in [-0.4, -0.2) is 19.6 Å². The molecule has 2 rings (SSSR count). The summed E-state index contributed by atoms with van der Waals surface area (Å²) in [5, 5.41) is 2.12. The first-order valence-electron chi connectivity index (χ1n) is 6.61. The monoisotopic (exact) mass is 291 g/mol. The average Bonchev–Trinajstić information content (AvgIpc) is 2.98. The standard InChI is InChI=1S/C15H18N2O4/c1-19-14-7-11(4-5-13(14)21-10-15(16)18)8-17-9-12-3-2-6-20-12/h2-7,17H,8-10H2,1H3,(H2,16,18)/p+1. The molecule has 1 amide bonds. The lowest BCUT2D eigenvalue weighted by Crippen LogP contribution is -2.80. The Hall–Kier alpha value is -2.47. The maximum Gasteiger partial charge on any atom is 0.255 e. The van der Waals surface area contributed by atoms with Crippen molar-refractivity contribution in [3.05, 3.63) is 47.9 Å². The molecule has 0 radical (unpaired) electrons. The second-order valence-corrected chi connectivity index (χ2v) is 4.52. The molecule has 6 nitrogen and oxygen atoms in total. The van der Waals surface area contributed by atoms with Gasteiger partial charge in [-0.15, -0.1) is 0 Å². The van der Waals surface area contributed by atoms with Crippen molar-refractivity contribution in [2.45, 2.75) is 13.1 Å². The number of benzene rings is 1. The van der Waals surface area contributed by atoms with Crippen LogP contribution in [0.25, 0.3) is 0 Å². The number of nitrogens with two attached hydrogens (primary N) is 2. The zero-order valence-electron chi connectivity index (χ0n) is 11.9. The number of rotatable bonds is 8. The number of furan rings is 1. The molecule has 0 atom stereocenters. The number of amides is 1. The second kappa shape index (κ2) is 7.35. The minimum absolute atomic E-state index is 0.166. The molecule has 0 aliphatic carbocycles. The Bertz CT molecular complexity index is 581. The molecular formula is C15H19N2O4+. The number of hydrogen-bond acceptors (Lipinski definition) is 4. The molecule has 1 aromatic carbocycles. The molecule has 0 fully saturated rings. The molecule has 2 aromatic rings. The maximum atomic E-state index is 10.7. The maximum absolute atomic E-state index is 10.7. The quantitative estimate of drug-likeness (QED) is 0.737. The summed E-state index contributed by atoms with van der Waals surface area (Å²) in [5.74, 6) is 1.50. The zero-order chi connectivity index (χ0) is 15.1. The van der Waals surface area contributed by atoms with Gasteiger partial charge in [0.15, 0.2) is 23.9 Å². The molecule has 0 bridgehead atoms. The first-order chi connectivity index (χ1) is 10.2. The van der Waals surface area contributed by atoms with Crippen LogP contribution in [0.15, 0.2) is 41.0 Å². The summed E-state index contributed by atoms with van der Waals surface area (Å²) >= 11 is 0. The smallest absolute Gasteiger partial charge is 0.255 e.